The van der Waals surface area contributed by atoms with Crippen molar-refractivity contribution < 1.29 is 13.2 Å². The second-order valence-corrected chi connectivity index (χ2v) is 11.1. The highest BCUT2D eigenvalue weighted by Crippen LogP contribution is 2.30. The summed E-state index contributed by atoms with van der Waals surface area (Å²) in [5.41, 5.74) is 2.41. The predicted octanol–water partition coefficient (Wildman–Crippen LogP) is 5.55. The van der Waals surface area contributed by atoms with E-state index >= 15 is 0 Å². The van der Waals surface area contributed by atoms with E-state index in [1.807, 2.05) is 25.1 Å². The summed E-state index contributed by atoms with van der Waals surface area (Å²) in [4.78, 5) is 12.7. The highest BCUT2D eigenvalue weighted by atomic mass is 35.5. The highest BCUT2D eigenvalue weighted by Gasteiger charge is 2.27. The zero-order chi connectivity index (χ0) is 23.8. The van der Waals surface area contributed by atoms with Crippen LogP contribution in [0.4, 0.5) is 5.69 Å². The SMILES string of the molecule is Cc1ccc(S(=O)(=O)N(CC(=O)NCCSCc2ccccc2)c2ccc(Cl)c(Cl)c2)cc1. The summed E-state index contributed by atoms with van der Waals surface area (Å²) in [5, 5.41) is 3.31. The molecule has 0 saturated carbocycles. The van der Waals surface area contributed by atoms with Crippen molar-refractivity contribution in [2.45, 2.75) is 17.6 Å². The number of carbonyl (C=O) groups excluding carboxylic acids is 1. The second-order valence-electron chi connectivity index (χ2n) is 7.31. The zero-order valence-corrected chi connectivity index (χ0v) is 21.1. The van der Waals surface area contributed by atoms with Gasteiger partial charge in [0, 0.05) is 18.1 Å². The number of rotatable bonds is 10. The first-order chi connectivity index (χ1) is 15.8. The summed E-state index contributed by atoms with van der Waals surface area (Å²) in [6.07, 6.45) is 0. The molecule has 3 aromatic carbocycles. The Balaban J connectivity index is 1.69. The summed E-state index contributed by atoms with van der Waals surface area (Å²) in [6, 6.07) is 21.0. The van der Waals surface area contributed by atoms with Crippen LogP contribution in [0.15, 0.2) is 77.7 Å². The molecule has 174 valence electrons. The van der Waals surface area contributed by atoms with E-state index in [4.69, 9.17) is 23.2 Å². The van der Waals surface area contributed by atoms with Gasteiger partial charge in [0.05, 0.1) is 20.6 Å². The molecule has 0 aromatic heterocycles. The summed E-state index contributed by atoms with van der Waals surface area (Å²) in [6.45, 7) is 1.92. The Hall–Kier alpha value is -2.19. The van der Waals surface area contributed by atoms with Crippen LogP contribution in [0.25, 0.3) is 0 Å². The highest BCUT2D eigenvalue weighted by molar-refractivity contribution is 7.98. The summed E-state index contributed by atoms with van der Waals surface area (Å²) in [5.74, 6) is 1.14. The van der Waals surface area contributed by atoms with E-state index < -0.39 is 15.9 Å². The number of hydrogen-bond donors (Lipinski definition) is 1. The molecule has 0 aliphatic carbocycles. The quantitative estimate of drug-likeness (QED) is 0.354. The first-order valence-corrected chi connectivity index (χ1v) is 13.6. The van der Waals surface area contributed by atoms with E-state index in [0.717, 1.165) is 15.6 Å². The minimum absolute atomic E-state index is 0.0883. The molecule has 0 spiro atoms. The van der Waals surface area contributed by atoms with Crippen molar-refractivity contribution in [1.82, 2.24) is 5.32 Å². The summed E-state index contributed by atoms with van der Waals surface area (Å²) < 4.78 is 27.8. The molecule has 0 atom stereocenters. The number of nitrogens with zero attached hydrogens (tertiary/aromatic N) is 1. The Morgan fingerprint density at radius 2 is 1.67 bits per heavy atom. The average molecular weight is 524 g/mol. The van der Waals surface area contributed by atoms with Crippen LogP contribution in [0.3, 0.4) is 0 Å². The lowest BCUT2D eigenvalue weighted by molar-refractivity contribution is -0.119. The molecule has 0 aliphatic heterocycles. The van der Waals surface area contributed by atoms with Crippen LogP contribution in [0.1, 0.15) is 11.1 Å². The van der Waals surface area contributed by atoms with Crippen LogP contribution in [0, 0.1) is 6.92 Å². The van der Waals surface area contributed by atoms with Gasteiger partial charge in [0.15, 0.2) is 0 Å². The second kappa shape index (κ2) is 11.8. The number of amides is 1. The number of nitrogens with one attached hydrogen (secondary N) is 1. The maximum Gasteiger partial charge on any atom is 0.264 e. The van der Waals surface area contributed by atoms with Gasteiger partial charge in [-0.2, -0.15) is 11.8 Å². The predicted molar refractivity (Wildman–Crippen MR) is 138 cm³/mol. The van der Waals surface area contributed by atoms with E-state index in [-0.39, 0.29) is 22.2 Å². The average Bonchev–Trinajstić information content (AvgIpc) is 2.80. The first kappa shape index (κ1) is 25.4. The molecule has 9 heteroatoms. The molecule has 0 fully saturated rings. The lowest BCUT2D eigenvalue weighted by Crippen LogP contribution is -2.41. The molecule has 5 nitrogen and oxygen atoms in total. The number of halogens is 2. The molecular formula is C24H24Cl2N2O3S2. The number of hydrogen-bond acceptors (Lipinski definition) is 4. The topological polar surface area (TPSA) is 66.5 Å². The minimum atomic E-state index is -4.00. The van der Waals surface area contributed by atoms with E-state index in [1.165, 1.54) is 35.9 Å². The van der Waals surface area contributed by atoms with Crippen molar-refractivity contribution in [3.8, 4) is 0 Å². The van der Waals surface area contributed by atoms with E-state index in [9.17, 15) is 13.2 Å². The number of carbonyl (C=O) groups is 1. The van der Waals surface area contributed by atoms with Crippen LogP contribution in [-0.4, -0.2) is 33.2 Å². The van der Waals surface area contributed by atoms with Crippen molar-refractivity contribution in [2.75, 3.05) is 23.1 Å². The zero-order valence-electron chi connectivity index (χ0n) is 18.0. The van der Waals surface area contributed by atoms with Gasteiger partial charge in [0.2, 0.25) is 5.91 Å². The van der Waals surface area contributed by atoms with Crippen LogP contribution < -0.4 is 9.62 Å². The lowest BCUT2D eigenvalue weighted by Gasteiger charge is -2.24. The van der Waals surface area contributed by atoms with E-state index in [2.05, 4.69) is 17.4 Å². The largest absolute Gasteiger partial charge is 0.354 e. The van der Waals surface area contributed by atoms with E-state index in [1.54, 1.807) is 23.9 Å². The van der Waals surface area contributed by atoms with Gasteiger partial charge in [-0.3, -0.25) is 9.10 Å². The first-order valence-electron chi connectivity index (χ1n) is 10.2. The molecule has 3 rings (SSSR count). The fourth-order valence-electron chi connectivity index (χ4n) is 3.01. The van der Waals surface area contributed by atoms with Gasteiger partial charge in [-0.05, 0) is 42.8 Å². The Morgan fingerprint density at radius 3 is 2.33 bits per heavy atom. The third-order valence-electron chi connectivity index (χ3n) is 4.77. The number of anilines is 1. The Morgan fingerprint density at radius 1 is 0.970 bits per heavy atom. The molecular weight excluding hydrogens is 499 g/mol. The fourth-order valence-corrected chi connectivity index (χ4v) is 5.53. The van der Waals surface area contributed by atoms with Crippen molar-refractivity contribution in [1.29, 1.82) is 0 Å². The fraction of sp³-hybridized carbons (Fsp3) is 0.208. The monoisotopic (exact) mass is 522 g/mol. The van der Waals surface area contributed by atoms with Crippen LogP contribution in [0.2, 0.25) is 10.0 Å². The van der Waals surface area contributed by atoms with Gasteiger partial charge < -0.3 is 5.32 Å². The number of sulfonamides is 1. The number of thioether (sulfide) groups is 1. The molecule has 0 bridgehead atoms. The molecule has 33 heavy (non-hydrogen) atoms. The standard InChI is InChI=1S/C24H24Cl2N2O3S2/c1-18-7-10-21(11-8-18)33(30,31)28(20-9-12-22(25)23(26)15-20)16-24(29)27-13-14-32-17-19-5-3-2-4-6-19/h2-12,15H,13-14,16-17H2,1H3,(H,27,29). The molecule has 1 amide bonds. The Kier molecular flexibility index (Phi) is 9.09. The van der Waals surface area contributed by atoms with Crippen molar-refractivity contribution in [3.63, 3.8) is 0 Å². The molecule has 0 saturated heterocycles. The third kappa shape index (κ3) is 7.14. The van der Waals surface area contributed by atoms with Crippen molar-refractivity contribution in [3.05, 3.63) is 94.0 Å². The van der Waals surface area contributed by atoms with Gasteiger partial charge in [-0.25, -0.2) is 8.42 Å². The van der Waals surface area contributed by atoms with Crippen LogP contribution in [-0.2, 0) is 20.6 Å². The maximum absolute atomic E-state index is 13.4. The van der Waals surface area contributed by atoms with Gasteiger partial charge in [-0.15, -0.1) is 0 Å². The molecule has 0 heterocycles. The maximum atomic E-state index is 13.4. The molecule has 0 unspecified atom stereocenters. The van der Waals surface area contributed by atoms with Gasteiger partial charge in [-0.1, -0.05) is 71.2 Å². The normalized spacial score (nSPS) is 11.2. The smallest absolute Gasteiger partial charge is 0.264 e. The van der Waals surface area contributed by atoms with Crippen LogP contribution in [0.5, 0.6) is 0 Å². The summed E-state index contributed by atoms with van der Waals surface area (Å²) >= 11 is 13.8. The number of aryl methyl sites for hydroxylation is 1. The summed E-state index contributed by atoms with van der Waals surface area (Å²) in [7, 11) is -4.00. The van der Waals surface area contributed by atoms with Gasteiger partial charge in [0.25, 0.3) is 10.0 Å². The number of benzene rings is 3. The van der Waals surface area contributed by atoms with Crippen molar-refractivity contribution >= 4 is 56.6 Å². The molecule has 1 N–H and O–H groups in total. The Bertz CT molecular complexity index is 1190. The van der Waals surface area contributed by atoms with E-state index in [0.29, 0.717) is 17.3 Å². The minimum Gasteiger partial charge on any atom is -0.354 e. The van der Waals surface area contributed by atoms with Crippen molar-refractivity contribution in [2.24, 2.45) is 0 Å². The molecule has 3 aromatic rings. The van der Waals surface area contributed by atoms with Gasteiger partial charge >= 0.3 is 0 Å². The van der Waals surface area contributed by atoms with Gasteiger partial charge in [0.1, 0.15) is 6.54 Å². The lowest BCUT2D eigenvalue weighted by atomic mass is 10.2. The molecule has 0 radical (unpaired) electrons. The Labute approximate surface area is 209 Å². The van der Waals surface area contributed by atoms with Crippen LogP contribution >= 0.6 is 35.0 Å². The third-order valence-corrected chi connectivity index (χ3v) is 8.32. The molecule has 0 aliphatic rings.